The molecule has 0 atom stereocenters. The molecule has 0 amide bonds. The number of aryl methyl sites for hydroxylation is 4. The highest BCUT2D eigenvalue weighted by molar-refractivity contribution is 7.13. The van der Waals surface area contributed by atoms with E-state index in [0.717, 1.165) is 73.6 Å². The minimum atomic E-state index is 0.774. The largest absolute Gasteiger partial charge is 0.408 e. The van der Waals surface area contributed by atoms with Gasteiger partial charge in [0, 0.05) is 24.0 Å². The molecule has 9 heteroatoms. The molecular formula is C28H34N6OS2+2. The fourth-order valence-electron chi connectivity index (χ4n) is 3.75. The van der Waals surface area contributed by atoms with Crippen molar-refractivity contribution in [3.63, 3.8) is 0 Å². The van der Waals surface area contributed by atoms with Crippen LogP contribution in [0.2, 0.25) is 0 Å². The highest BCUT2D eigenvalue weighted by Gasteiger charge is 2.10. The first-order valence-electron chi connectivity index (χ1n) is 12.8. The first-order valence-corrected chi connectivity index (χ1v) is 14.5. The Bertz CT molecular complexity index is 1180. The molecule has 0 saturated carbocycles. The Morgan fingerprint density at radius 3 is 1.46 bits per heavy atom. The molecule has 0 spiro atoms. The summed E-state index contributed by atoms with van der Waals surface area (Å²) in [5.74, 6) is 0. The van der Waals surface area contributed by atoms with Gasteiger partial charge in [-0.3, -0.25) is 0 Å². The van der Waals surface area contributed by atoms with Crippen molar-refractivity contribution >= 4 is 44.3 Å². The van der Waals surface area contributed by atoms with Gasteiger partial charge in [0.25, 0.3) is 0 Å². The van der Waals surface area contributed by atoms with Gasteiger partial charge in [-0.25, -0.2) is 9.13 Å². The normalized spacial score (nSPS) is 11.7. The number of aromatic nitrogens is 2. The molecule has 2 heterocycles. The van der Waals surface area contributed by atoms with Crippen molar-refractivity contribution in [3.05, 3.63) is 82.8 Å². The quantitative estimate of drug-likeness (QED) is 0.0923. The minimum absolute atomic E-state index is 0.774. The van der Waals surface area contributed by atoms with Crippen LogP contribution in [0, 0.1) is 0 Å². The Labute approximate surface area is 226 Å². The van der Waals surface area contributed by atoms with Crippen molar-refractivity contribution in [2.45, 2.75) is 52.6 Å². The Balaban J connectivity index is 1.09. The molecular weight excluding hydrogens is 500 g/mol. The maximum atomic E-state index is 5.86. The molecule has 0 saturated heterocycles. The van der Waals surface area contributed by atoms with E-state index in [1.165, 1.54) is 11.1 Å². The van der Waals surface area contributed by atoms with E-state index in [4.69, 9.17) is 4.74 Å². The Morgan fingerprint density at radius 1 is 0.622 bits per heavy atom. The number of azo groups is 2. The summed E-state index contributed by atoms with van der Waals surface area (Å²) in [7, 11) is 0. The number of nitrogens with zero attached hydrogens (tertiary/aromatic N) is 6. The molecule has 2 aromatic heterocycles. The standard InChI is InChI=1S/C28H34N6OS2/c1-3-33-17-21-36-27(33)31-29-25-13-9-23(10-14-25)7-5-19-35-20-6-8-24-11-15-26(16-12-24)30-32-28-34(4-2)18-22-37-28/h9-18,21-22H,3-8,19-20H2,1-2H3/q+2. The van der Waals surface area contributed by atoms with Gasteiger partial charge in [0.15, 0.2) is 0 Å². The molecule has 0 unspecified atom stereocenters. The molecule has 0 bridgehead atoms. The topological polar surface area (TPSA) is 66.4 Å². The van der Waals surface area contributed by atoms with E-state index in [9.17, 15) is 0 Å². The van der Waals surface area contributed by atoms with Crippen LogP contribution in [0.3, 0.4) is 0 Å². The van der Waals surface area contributed by atoms with E-state index in [-0.39, 0.29) is 0 Å². The third-order valence-corrected chi connectivity index (χ3v) is 7.45. The number of rotatable bonds is 14. The van der Waals surface area contributed by atoms with E-state index in [1.54, 1.807) is 22.7 Å². The molecule has 4 rings (SSSR count). The summed E-state index contributed by atoms with van der Waals surface area (Å²) in [5.41, 5.74) is 4.34. The molecule has 37 heavy (non-hydrogen) atoms. The van der Waals surface area contributed by atoms with Crippen LogP contribution in [0.1, 0.15) is 37.8 Å². The van der Waals surface area contributed by atoms with Crippen molar-refractivity contribution in [2.75, 3.05) is 13.2 Å². The number of thiazole rings is 2. The smallest absolute Gasteiger partial charge is 0.381 e. The monoisotopic (exact) mass is 534 g/mol. The number of ether oxygens (including phenoxy) is 1. The second kappa shape index (κ2) is 14.6. The summed E-state index contributed by atoms with van der Waals surface area (Å²) in [6.07, 6.45) is 8.08. The van der Waals surface area contributed by atoms with Gasteiger partial charge >= 0.3 is 10.3 Å². The second-order valence-electron chi connectivity index (χ2n) is 8.50. The van der Waals surface area contributed by atoms with Crippen LogP contribution in [0.5, 0.6) is 0 Å². The van der Waals surface area contributed by atoms with E-state index in [0.29, 0.717) is 0 Å². The van der Waals surface area contributed by atoms with Crippen LogP contribution in [0.15, 0.2) is 92.1 Å². The van der Waals surface area contributed by atoms with Crippen molar-refractivity contribution < 1.29 is 13.9 Å². The SMILES string of the molecule is CC[n+]1ccsc1N=Nc1ccc(CCCOCCCc2ccc(N=Nc3scc[n+]3CC)cc2)cc1. The zero-order valence-electron chi connectivity index (χ0n) is 21.5. The summed E-state index contributed by atoms with van der Waals surface area (Å²) >= 11 is 3.20. The average molecular weight is 535 g/mol. The Morgan fingerprint density at radius 2 is 1.05 bits per heavy atom. The summed E-state index contributed by atoms with van der Waals surface area (Å²) < 4.78 is 10.0. The first kappa shape index (κ1) is 26.9. The molecule has 0 fully saturated rings. The Hall–Kier alpha value is -3.14. The van der Waals surface area contributed by atoms with Gasteiger partial charge in [-0.2, -0.15) is 0 Å². The lowest BCUT2D eigenvalue weighted by atomic mass is 10.1. The van der Waals surface area contributed by atoms with Gasteiger partial charge in [0.05, 0.1) is 23.3 Å². The molecule has 2 aromatic carbocycles. The predicted octanol–water partition coefficient (Wildman–Crippen LogP) is 7.84. The van der Waals surface area contributed by atoms with Crippen LogP contribution in [-0.4, -0.2) is 13.2 Å². The minimum Gasteiger partial charge on any atom is -0.381 e. The van der Waals surface area contributed by atoms with E-state index < -0.39 is 0 Å². The molecule has 0 N–H and O–H groups in total. The van der Waals surface area contributed by atoms with Gasteiger partial charge < -0.3 is 4.74 Å². The number of hydrogen-bond acceptors (Lipinski definition) is 7. The number of hydrogen-bond donors (Lipinski definition) is 0. The molecule has 7 nitrogen and oxygen atoms in total. The average Bonchev–Trinajstić information content (AvgIpc) is 3.60. The van der Waals surface area contributed by atoms with E-state index >= 15 is 0 Å². The molecule has 0 radical (unpaired) electrons. The van der Waals surface area contributed by atoms with Crippen LogP contribution in [0.4, 0.5) is 21.6 Å². The van der Waals surface area contributed by atoms with Crippen molar-refractivity contribution in [2.24, 2.45) is 20.5 Å². The van der Waals surface area contributed by atoms with Gasteiger partial charge in [0.1, 0.15) is 23.8 Å². The lowest BCUT2D eigenvalue weighted by molar-refractivity contribution is -0.677. The predicted molar refractivity (Wildman–Crippen MR) is 149 cm³/mol. The maximum absolute atomic E-state index is 5.86. The third kappa shape index (κ3) is 8.45. The summed E-state index contributed by atoms with van der Waals surface area (Å²) in [6, 6.07) is 16.6. The van der Waals surface area contributed by atoms with Crippen molar-refractivity contribution in [3.8, 4) is 0 Å². The van der Waals surface area contributed by atoms with Gasteiger partial charge in [-0.1, -0.05) is 24.3 Å². The first-order chi connectivity index (χ1) is 18.2. The lowest BCUT2D eigenvalue weighted by Gasteiger charge is -2.05. The molecule has 4 aromatic rings. The molecule has 0 aliphatic heterocycles. The van der Waals surface area contributed by atoms with Crippen molar-refractivity contribution in [1.82, 2.24) is 0 Å². The fourth-order valence-corrected chi connectivity index (χ4v) is 5.24. The third-order valence-electron chi connectivity index (χ3n) is 5.88. The van der Waals surface area contributed by atoms with Gasteiger partial charge in [-0.05, 0) is 108 Å². The summed E-state index contributed by atoms with van der Waals surface area (Å²) in [4.78, 5) is 0. The van der Waals surface area contributed by atoms with Crippen LogP contribution in [-0.2, 0) is 30.7 Å². The molecule has 0 aliphatic carbocycles. The van der Waals surface area contributed by atoms with Gasteiger partial charge in [-0.15, -0.1) is 0 Å². The van der Waals surface area contributed by atoms with Crippen LogP contribution in [0.25, 0.3) is 0 Å². The zero-order valence-corrected chi connectivity index (χ0v) is 23.1. The van der Waals surface area contributed by atoms with Crippen molar-refractivity contribution in [1.29, 1.82) is 0 Å². The highest BCUT2D eigenvalue weighted by atomic mass is 32.1. The second-order valence-corrected chi connectivity index (χ2v) is 10.2. The summed E-state index contributed by atoms with van der Waals surface area (Å²) in [5, 5.41) is 23.4. The lowest BCUT2D eigenvalue weighted by Crippen LogP contribution is -2.28. The van der Waals surface area contributed by atoms with Crippen LogP contribution < -0.4 is 9.13 Å². The van der Waals surface area contributed by atoms with Crippen LogP contribution >= 0.6 is 22.7 Å². The van der Waals surface area contributed by atoms with E-state index in [2.05, 4.69) is 67.7 Å². The maximum Gasteiger partial charge on any atom is 0.408 e. The molecule has 0 aliphatic rings. The Kier molecular flexibility index (Phi) is 10.6. The summed E-state index contributed by atoms with van der Waals surface area (Å²) in [6.45, 7) is 7.55. The van der Waals surface area contributed by atoms with E-state index in [1.807, 2.05) is 47.4 Å². The highest BCUT2D eigenvalue weighted by Crippen LogP contribution is 2.21. The molecule has 192 valence electrons. The number of benzene rings is 2. The van der Waals surface area contributed by atoms with Gasteiger partial charge in [0.2, 0.25) is 0 Å². The zero-order chi connectivity index (χ0) is 25.7. The fraction of sp³-hybridized carbons (Fsp3) is 0.357.